The lowest BCUT2D eigenvalue weighted by atomic mass is 10.0. The van der Waals surface area contributed by atoms with Crippen LogP contribution in [-0.2, 0) is 11.2 Å². The van der Waals surface area contributed by atoms with Gasteiger partial charge in [-0.1, -0.05) is 60.1 Å². The largest absolute Gasteiger partial charge is 0.479 e. The molecule has 30 heavy (non-hydrogen) atoms. The first-order chi connectivity index (χ1) is 14.6. The lowest BCUT2D eigenvalue weighted by Gasteiger charge is -2.14. The minimum Gasteiger partial charge on any atom is -0.479 e. The van der Waals surface area contributed by atoms with E-state index in [0.29, 0.717) is 23.4 Å². The number of carboxylic acids is 1. The summed E-state index contributed by atoms with van der Waals surface area (Å²) >= 11 is 5.94. The number of aryl methyl sites for hydroxylation is 1. The number of hydrogen-bond acceptors (Lipinski definition) is 4. The van der Waals surface area contributed by atoms with Crippen LogP contribution in [0.5, 0.6) is 5.88 Å². The summed E-state index contributed by atoms with van der Waals surface area (Å²) in [6.45, 7) is 0. The average molecular weight is 419 g/mol. The Morgan fingerprint density at radius 1 is 0.933 bits per heavy atom. The number of nitrogens with zero attached hydrogens (tertiary/aromatic N) is 2. The van der Waals surface area contributed by atoms with E-state index in [2.05, 4.69) is 9.97 Å². The van der Waals surface area contributed by atoms with E-state index in [1.165, 1.54) is 6.20 Å². The maximum absolute atomic E-state index is 11.7. The Labute approximate surface area is 178 Å². The van der Waals surface area contributed by atoms with Crippen LogP contribution >= 0.6 is 11.6 Å². The van der Waals surface area contributed by atoms with Gasteiger partial charge in [-0.15, -0.1) is 0 Å². The minimum absolute atomic E-state index is 0.208. The van der Waals surface area contributed by atoms with E-state index >= 15 is 0 Å². The van der Waals surface area contributed by atoms with E-state index in [0.717, 1.165) is 22.2 Å². The molecule has 0 saturated carbocycles. The van der Waals surface area contributed by atoms with Gasteiger partial charge in [-0.3, -0.25) is 0 Å². The van der Waals surface area contributed by atoms with E-state index < -0.39 is 12.1 Å². The number of hydrogen-bond donors (Lipinski definition) is 1. The summed E-state index contributed by atoms with van der Waals surface area (Å²) in [5, 5.41) is 10.3. The molecule has 0 aliphatic heterocycles. The Kier molecular flexibility index (Phi) is 5.91. The molecule has 1 unspecified atom stereocenters. The van der Waals surface area contributed by atoms with Crippen LogP contribution in [-0.4, -0.2) is 27.1 Å². The Morgan fingerprint density at radius 2 is 1.57 bits per heavy atom. The zero-order valence-electron chi connectivity index (χ0n) is 16.0. The van der Waals surface area contributed by atoms with E-state index in [4.69, 9.17) is 16.3 Å². The first-order valence-corrected chi connectivity index (χ1v) is 9.92. The quantitative estimate of drug-likeness (QED) is 0.434. The number of carbonyl (C=O) groups is 1. The van der Waals surface area contributed by atoms with Crippen LogP contribution in [0.15, 0.2) is 79.0 Å². The molecular formula is C24H19ClN2O3. The summed E-state index contributed by atoms with van der Waals surface area (Å²) < 4.78 is 5.62. The molecule has 0 bridgehead atoms. The number of halogens is 1. The van der Waals surface area contributed by atoms with Crippen molar-refractivity contribution in [1.82, 2.24) is 9.97 Å². The van der Waals surface area contributed by atoms with Gasteiger partial charge in [0.15, 0.2) is 6.10 Å². The van der Waals surface area contributed by atoms with E-state index in [1.807, 2.05) is 72.8 Å². The number of ether oxygens (including phenoxy) is 1. The predicted molar refractivity (Wildman–Crippen MR) is 117 cm³/mol. The minimum atomic E-state index is -1.03. The smallest absolute Gasteiger partial charge is 0.344 e. The average Bonchev–Trinajstić information content (AvgIpc) is 2.77. The second-order valence-corrected chi connectivity index (χ2v) is 7.32. The third-order valence-corrected chi connectivity index (χ3v) is 5.04. The molecule has 0 fully saturated rings. The number of carboxylic acid groups (broad SMARTS) is 1. The first-order valence-electron chi connectivity index (χ1n) is 9.54. The van der Waals surface area contributed by atoms with Gasteiger partial charge in [-0.2, -0.15) is 0 Å². The number of aromatic nitrogens is 2. The molecule has 1 heterocycles. The van der Waals surface area contributed by atoms with Crippen molar-refractivity contribution in [2.45, 2.75) is 18.9 Å². The molecule has 3 aromatic carbocycles. The Balaban J connectivity index is 1.42. The molecule has 1 aromatic heterocycles. The lowest BCUT2D eigenvalue weighted by Crippen LogP contribution is -2.28. The molecule has 0 spiro atoms. The highest BCUT2D eigenvalue weighted by molar-refractivity contribution is 6.30. The normalized spacial score (nSPS) is 11.9. The Morgan fingerprint density at radius 3 is 2.23 bits per heavy atom. The molecule has 6 heteroatoms. The maximum Gasteiger partial charge on any atom is 0.344 e. The van der Waals surface area contributed by atoms with Gasteiger partial charge in [0.1, 0.15) is 0 Å². The molecule has 4 aromatic rings. The first kappa shape index (κ1) is 19.9. The summed E-state index contributed by atoms with van der Waals surface area (Å²) in [5.74, 6) is -0.818. The van der Waals surface area contributed by atoms with Crippen molar-refractivity contribution in [2.75, 3.05) is 0 Å². The van der Waals surface area contributed by atoms with Gasteiger partial charge < -0.3 is 9.84 Å². The summed E-state index contributed by atoms with van der Waals surface area (Å²) in [6, 6.07) is 23.1. The van der Waals surface area contributed by atoms with Crippen molar-refractivity contribution in [3.63, 3.8) is 0 Å². The molecule has 4 rings (SSSR count). The van der Waals surface area contributed by atoms with E-state index in [-0.39, 0.29) is 5.88 Å². The number of para-hydroxylation sites is 2. The van der Waals surface area contributed by atoms with Gasteiger partial charge >= 0.3 is 5.97 Å². The molecule has 5 nitrogen and oxygen atoms in total. The van der Waals surface area contributed by atoms with Crippen LogP contribution in [0.1, 0.15) is 12.0 Å². The van der Waals surface area contributed by atoms with Crippen molar-refractivity contribution in [3.8, 4) is 17.0 Å². The highest BCUT2D eigenvalue weighted by Crippen LogP contribution is 2.23. The fraction of sp³-hybridized carbons (Fsp3) is 0.125. The zero-order valence-corrected chi connectivity index (χ0v) is 16.8. The summed E-state index contributed by atoms with van der Waals surface area (Å²) in [6.07, 6.45) is 1.35. The fourth-order valence-electron chi connectivity index (χ4n) is 3.18. The summed E-state index contributed by atoms with van der Waals surface area (Å²) in [7, 11) is 0. The molecule has 0 saturated heterocycles. The molecule has 1 atom stereocenters. The van der Waals surface area contributed by atoms with Crippen LogP contribution in [0.25, 0.3) is 22.2 Å². The molecule has 0 aliphatic rings. The maximum atomic E-state index is 11.7. The van der Waals surface area contributed by atoms with Crippen molar-refractivity contribution in [3.05, 3.63) is 89.6 Å². The van der Waals surface area contributed by atoms with Crippen LogP contribution in [0.2, 0.25) is 5.02 Å². The number of aliphatic carboxylic acids is 1. The van der Waals surface area contributed by atoms with Crippen LogP contribution in [0, 0.1) is 0 Å². The van der Waals surface area contributed by atoms with Gasteiger partial charge in [-0.05, 0) is 53.8 Å². The van der Waals surface area contributed by atoms with Gasteiger partial charge in [0.2, 0.25) is 5.88 Å². The number of fused-ring (bicyclic) bond motifs is 1. The van der Waals surface area contributed by atoms with Crippen molar-refractivity contribution >= 4 is 28.6 Å². The Hall–Kier alpha value is -3.44. The number of rotatable bonds is 7. The monoisotopic (exact) mass is 418 g/mol. The summed E-state index contributed by atoms with van der Waals surface area (Å²) in [4.78, 5) is 20.3. The summed E-state index contributed by atoms with van der Waals surface area (Å²) in [5.41, 5.74) is 4.59. The third kappa shape index (κ3) is 4.75. The number of benzene rings is 3. The van der Waals surface area contributed by atoms with Gasteiger partial charge in [-0.25, -0.2) is 14.8 Å². The lowest BCUT2D eigenvalue weighted by molar-refractivity contribution is -0.145. The highest BCUT2D eigenvalue weighted by atomic mass is 35.5. The van der Waals surface area contributed by atoms with E-state index in [1.54, 1.807) is 0 Å². The molecule has 0 amide bonds. The van der Waals surface area contributed by atoms with Crippen LogP contribution < -0.4 is 4.74 Å². The predicted octanol–water partition coefficient (Wildman–Crippen LogP) is 5.42. The topological polar surface area (TPSA) is 72.3 Å². The van der Waals surface area contributed by atoms with Crippen LogP contribution in [0.4, 0.5) is 0 Å². The molecule has 1 N–H and O–H groups in total. The fourth-order valence-corrected chi connectivity index (χ4v) is 3.31. The van der Waals surface area contributed by atoms with Crippen molar-refractivity contribution in [1.29, 1.82) is 0 Å². The molecule has 150 valence electrons. The standard InChI is InChI=1S/C24H19ClN2O3/c25-19-12-10-18(11-13-19)17-8-5-16(6-9-17)7-14-22(24(28)29)30-23-15-26-20-3-1-2-4-21(20)27-23/h1-6,8-13,15,22H,7,14H2,(H,28,29). The van der Waals surface area contributed by atoms with Gasteiger partial charge in [0.25, 0.3) is 0 Å². The van der Waals surface area contributed by atoms with E-state index in [9.17, 15) is 9.90 Å². The molecule has 0 aliphatic carbocycles. The van der Waals surface area contributed by atoms with Gasteiger partial charge in [0, 0.05) is 5.02 Å². The third-order valence-electron chi connectivity index (χ3n) is 4.79. The van der Waals surface area contributed by atoms with Crippen molar-refractivity contribution in [2.24, 2.45) is 0 Å². The van der Waals surface area contributed by atoms with Crippen LogP contribution in [0.3, 0.4) is 0 Å². The molecule has 0 radical (unpaired) electrons. The second-order valence-electron chi connectivity index (χ2n) is 6.88. The molecular weight excluding hydrogens is 400 g/mol. The highest BCUT2D eigenvalue weighted by Gasteiger charge is 2.20. The Bertz CT molecular complexity index is 1160. The zero-order chi connectivity index (χ0) is 20.9. The SMILES string of the molecule is O=C(O)C(CCc1ccc(-c2ccc(Cl)cc2)cc1)Oc1cnc2ccccc2n1. The second kappa shape index (κ2) is 8.93. The van der Waals surface area contributed by atoms with Gasteiger partial charge in [0.05, 0.1) is 17.2 Å². The van der Waals surface area contributed by atoms with Crippen molar-refractivity contribution < 1.29 is 14.6 Å².